The summed E-state index contributed by atoms with van der Waals surface area (Å²) in [6.07, 6.45) is 2.55. The van der Waals surface area contributed by atoms with E-state index >= 15 is 0 Å². The van der Waals surface area contributed by atoms with Gasteiger partial charge in [0.15, 0.2) is 0 Å². The molecule has 0 radical (unpaired) electrons. The van der Waals surface area contributed by atoms with Gasteiger partial charge in [-0.3, -0.25) is 9.59 Å². The maximum Gasteiger partial charge on any atom is 0.150 e. The van der Waals surface area contributed by atoms with Gasteiger partial charge in [-0.2, -0.15) is 0 Å². The van der Waals surface area contributed by atoms with Crippen LogP contribution in [-0.2, 0) is 12.8 Å². The molecule has 120 valence electrons. The normalized spacial score (nSPS) is 11.2. The number of benzene rings is 2. The van der Waals surface area contributed by atoms with Crippen LogP contribution in [0.2, 0.25) is 0 Å². The average Bonchev–Trinajstić information content (AvgIpc) is 2.62. The molecule has 0 heterocycles. The quantitative estimate of drug-likeness (QED) is 0.732. The van der Waals surface area contributed by atoms with Crippen molar-refractivity contribution >= 4 is 12.6 Å². The third-order valence-corrected chi connectivity index (χ3v) is 4.06. The molecule has 0 fully saturated rings. The van der Waals surface area contributed by atoms with E-state index in [1.165, 1.54) is 0 Å². The highest BCUT2D eigenvalue weighted by Gasteiger charge is 2.29. The summed E-state index contributed by atoms with van der Waals surface area (Å²) in [7, 11) is 0. The van der Waals surface area contributed by atoms with Gasteiger partial charge in [0, 0.05) is 16.5 Å². The highest BCUT2D eigenvalue weighted by molar-refractivity contribution is 5.75. The Morgan fingerprint density at radius 1 is 0.696 bits per heavy atom. The van der Waals surface area contributed by atoms with Crippen molar-refractivity contribution in [1.29, 1.82) is 0 Å². The van der Waals surface area contributed by atoms with Gasteiger partial charge in [0.1, 0.15) is 12.6 Å². The van der Waals surface area contributed by atoms with Gasteiger partial charge >= 0.3 is 0 Å². The van der Waals surface area contributed by atoms with Crippen LogP contribution in [0.4, 0.5) is 0 Å². The molecule has 0 spiro atoms. The summed E-state index contributed by atoms with van der Waals surface area (Å²) < 4.78 is 0. The van der Waals surface area contributed by atoms with Crippen molar-refractivity contribution in [3.8, 4) is 0 Å². The van der Waals surface area contributed by atoms with Gasteiger partial charge in [0.25, 0.3) is 0 Å². The maximum absolute atomic E-state index is 10.7. The lowest BCUT2D eigenvalue weighted by molar-refractivity contribution is 0.0548. The summed E-state index contributed by atoms with van der Waals surface area (Å²) in [5.41, 5.74) is 2.39. The molecular weight excluding hydrogens is 292 g/mol. The van der Waals surface area contributed by atoms with Crippen LogP contribution in [0, 0.1) is 5.41 Å². The molecule has 0 unspecified atom stereocenters. The van der Waals surface area contributed by atoms with Crippen LogP contribution in [0.3, 0.4) is 0 Å². The lowest BCUT2D eigenvalue weighted by Crippen LogP contribution is -2.34. The molecule has 0 aromatic heterocycles. The molecule has 23 heavy (non-hydrogen) atoms. The molecule has 2 rings (SSSR count). The first-order valence-electron chi connectivity index (χ1n) is 7.45. The maximum atomic E-state index is 10.7. The van der Waals surface area contributed by atoms with Gasteiger partial charge in [-0.1, -0.05) is 48.5 Å². The first-order chi connectivity index (χ1) is 11.1. The third kappa shape index (κ3) is 4.34. The summed E-state index contributed by atoms with van der Waals surface area (Å²) in [5.74, 6) is 0. The molecule has 0 aliphatic rings. The van der Waals surface area contributed by atoms with E-state index in [-0.39, 0.29) is 13.2 Å². The van der Waals surface area contributed by atoms with Crippen molar-refractivity contribution < 1.29 is 19.8 Å². The van der Waals surface area contributed by atoms with E-state index in [0.29, 0.717) is 24.0 Å². The second kappa shape index (κ2) is 7.81. The minimum absolute atomic E-state index is 0.158. The first kappa shape index (κ1) is 17.1. The Kier molecular flexibility index (Phi) is 5.79. The minimum atomic E-state index is -0.689. The topological polar surface area (TPSA) is 74.6 Å². The van der Waals surface area contributed by atoms with Gasteiger partial charge in [-0.05, 0) is 24.0 Å². The number of aldehydes is 2. The predicted octanol–water partition coefficient (Wildman–Crippen LogP) is 2.07. The van der Waals surface area contributed by atoms with Crippen LogP contribution < -0.4 is 0 Å². The molecule has 0 aliphatic heterocycles. The lowest BCUT2D eigenvalue weighted by Gasteiger charge is -2.30. The van der Waals surface area contributed by atoms with Crippen molar-refractivity contribution in [3.05, 3.63) is 70.8 Å². The monoisotopic (exact) mass is 312 g/mol. The number of carbonyl (C=O) groups is 2. The first-order valence-corrected chi connectivity index (χ1v) is 7.45. The van der Waals surface area contributed by atoms with Gasteiger partial charge < -0.3 is 10.2 Å². The predicted molar refractivity (Wildman–Crippen MR) is 87.7 cm³/mol. The fraction of sp³-hybridized carbons (Fsp3) is 0.263. The Hall–Kier alpha value is -2.30. The largest absolute Gasteiger partial charge is 0.396 e. The molecule has 0 amide bonds. The Labute approximate surface area is 135 Å². The lowest BCUT2D eigenvalue weighted by atomic mass is 9.77. The molecule has 0 saturated heterocycles. The molecule has 2 aromatic rings. The fourth-order valence-electron chi connectivity index (χ4n) is 2.63. The second-order valence-corrected chi connectivity index (χ2v) is 5.89. The van der Waals surface area contributed by atoms with E-state index < -0.39 is 5.41 Å². The number of rotatable bonds is 8. The number of aliphatic hydroxyl groups is 2. The standard InChI is InChI=1S/C19H20O4/c20-11-17-5-1-15(2-6-17)9-19(13-22,14-23)10-16-3-7-18(12-21)8-4-16/h1-8,11-12,22-23H,9-10,13-14H2. The second-order valence-electron chi connectivity index (χ2n) is 5.89. The fourth-order valence-corrected chi connectivity index (χ4v) is 2.63. The van der Waals surface area contributed by atoms with E-state index in [4.69, 9.17) is 0 Å². The molecule has 4 nitrogen and oxygen atoms in total. The Bertz CT molecular complexity index is 585. The zero-order chi connectivity index (χ0) is 16.7. The van der Waals surface area contributed by atoms with Crippen LogP contribution in [0.5, 0.6) is 0 Å². The Balaban J connectivity index is 2.19. The Morgan fingerprint density at radius 2 is 1.04 bits per heavy atom. The summed E-state index contributed by atoms with van der Waals surface area (Å²) in [6.45, 7) is -0.317. The van der Waals surface area contributed by atoms with Crippen LogP contribution in [0.25, 0.3) is 0 Å². The van der Waals surface area contributed by atoms with Crippen LogP contribution in [0.15, 0.2) is 48.5 Å². The van der Waals surface area contributed by atoms with Crippen molar-refractivity contribution in [1.82, 2.24) is 0 Å². The zero-order valence-corrected chi connectivity index (χ0v) is 12.8. The average molecular weight is 312 g/mol. The van der Waals surface area contributed by atoms with E-state index in [2.05, 4.69) is 0 Å². The highest BCUT2D eigenvalue weighted by atomic mass is 16.3. The molecule has 0 bridgehead atoms. The molecule has 0 aliphatic carbocycles. The van der Waals surface area contributed by atoms with Gasteiger partial charge in [0.2, 0.25) is 0 Å². The van der Waals surface area contributed by atoms with Crippen molar-refractivity contribution in [3.63, 3.8) is 0 Å². The van der Waals surface area contributed by atoms with Gasteiger partial charge in [-0.25, -0.2) is 0 Å². The van der Waals surface area contributed by atoms with Gasteiger partial charge in [0.05, 0.1) is 13.2 Å². The smallest absolute Gasteiger partial charge is 0.150 e. The van der Waals surface area contributed by atoms with Crippen molar-refractivity contribution in [2.24, 2.45) is 5.41 Å². The van der Waals surface area contributed by atoms with Crippen LogP contribution >= 0.6 is 0 Å². The molecule has 0 saturated carbocycles. The number of aliphatic hydroxyl groups excluding tert-OH is 2. The summed E-state index contributed by atoms with van der Waals surface area (Å²) in [5, 5.41) is 19.7. The summed E-state index contributed by atoms with van der Waals surface area (Å²) in [4.78, 5) is 21.4. The molecule has 4 heteroatoms. The van der Waals surface area contributed by atoms with E-state index in [9.17, 15) is 19.8 Å². The van der Waals surface area contributed by atoms with Gasteiger partial charge in [-0.15, -0.1) is 0 Å². The highest BCUT2D eigenvalue weighted by Crippen LogP contribution is 2.27. The van der Waals surface area contributed by atoms with E-state index in [1.807, 2.05) is 24.3 Å². The molecular formula is C19H20O4. The molecule has 0 atom stereocenters. The van der Waals surface area contributed by atoms with Crippen LogP contribution in [-0.4, -0.2) is 36.0 Å². The van der Waals surface area contributed by atoms with Crippen LogP contribution in [0.1, 0.15) is 31.8 Å². The zero-order valence-electron chi connectivity index (χ0n) is 12.8. The number of hydrogen-bond donors (Lipinski definition) is 2. The minimum Gasteiger partial charge on any atom is -0.396 e. The van der Waals surface area contributed by atoms with Crippen molar-refractivity contribution in [2.45, 2.75) is 12.8 Å². The number of hydrogen-bond acceptors (Lipinski definition) is 4. The summed E-state index contributed by atoms with van der Waals surface area (Å²) in [6, 6.07) is 14.2. The van der Waals surface area contributed by atoms with Crippen molar-refractivity contribution in [2.75, 3.05) is 13.2 Å². The molecule has 2 aromatic carbocycles. The van der Waals surface area contributed by atoms with E-state index in [0.717, 1.165) is 23.7 Å². The summed E-state index contributed by atoms with van der Waals surface area (Å²) >= 11 is 0. The van der Waals surface area contributed by atoms with E-state index in [1.54, 1.807) is 24.3 Å². The SMILES string of the molecule is O=Cc1ccc(CC(CO)(CO)Cc2ccc(C=O)cc2)cc1. The molecule has 2 N–H and O–H groups in total. The third-order valence-electron chi connectivity index (χ3n) is 4.06. The Morgan fingerprint density at radius 3 is 1.30 bits per heavy atom. The number of carbonyl (C=O) groups excluding carboxylic acids is 2.